The Morgan fingerprint density at radius 1 is 1.33 bits per heavy atom. The van der Waals surface area contributed by atoms with Crippen molar-refractivity contribution in [2.75, 3.05) is 39.4 Å². The molecule has 0 bridgehead atoms. The van der Waals surface area contributed by atoms with Crippen molar-refractivity contribution < 1.29 is 14.1 Å². The van der Waals surface area contributed by atoms with Crippen LogP contribution < -0.4 is 0 Å². The Morgan fingerprint density at radius 3 is 2.86 bits per heavy atom. The van der Waals surface area contributed by atoms with E-state index in [0.29, 0.717) is 5.69 Å². The first kappa shape index (κ1) is 14.5. The van der Waals surface area contributed by atoms with Gasteiger partial charge in [0.15, 0.2) is 5.69 Å². The molecule has 116 valence electrons. The maximum atomic E-state index is 12.7. The Balaban J connectivity index is 1.69. The number of likely N-dealkylation sites (tertiary alicyclic amines) is 1. The van der Waals surface area contributed by atoms with Gasteiger partial charge in [-0.2, -0.15) is 0 Å². The predicted octanol–water partition coefficient (Wildman–Crippen LogP) is 1.31. The maximum absolute atomic E-state index is 12.7. The van der Waals surface area contributed by atoms with Gasteiger partial charge >= 0.3 is 0 Å². The van der Waals surface area contributed by atoms with Crippen molar-refractivity contribution >= 4 is 5.91 Å². The third kappa shape index (κ3) is 3.27. The molecule has 3 rings (SSSR count). The molecule has 2 aliphatic heterocycles. The van der Waals surface area contributed by atoms with Gasteiger partial charge in [-0.05, 0) is 26.2 Å². The van der Waals surface area contributed by atoms with Gasteiger partial charge in [-0.25, -0.2) is 0 Å². The highest BCUT2D eigenvalue weighted by molar-refractivity contribution is 5.93. The molecule has 2 saturated heterocycles. The second-order valence-corrected chi connectivity index (χ2v) is 5.91. The van der Waals surface area contributed by atoms with Crippen molar-refractivity contribution in [1.82, 2.24) is 15.0 Å². The summed E-state index contributed by atoms with van der Waals surface area (Å²) in [4.78, 5) is 17.1. The number of aromatic nitrogens is 1. The van der Waals surface area contributed by atoms with Gasteiger partial charge in [0.2, 0.25) is 0 Å². The van der Waals surface area contributed by atoms with Crippen LogP contribution in [-0.2, 0) is 4.74 Å². The molecule has 0 N–H and O–H groups in total. The Bertz CT molecular complexity index is 482. The quantitative estimate of drug-likeness (QED) is 0.841. The fourth-order valence-electron chi connectivity index (χ4n) is 3.17. The molecule has 0 spiro atoms. The van der Waals surface area contributed by atoms with Crippen LogP contribution in [0, 0.1) is 6.92 Å². The summed E-state index contributed by atoms with van der Waals surface area (Å²) in [5.74, 6) is 0.0132. The molecule has 2 fully saturated rings. The summed E-state index contributed by atoms with van der Waals surface area (Å²) in [5, 5.41) is 3.87. The zero-order chi connectivity index (χ0) is 14.7. The first-order chi connectivity index (χ1) is 10.3. The monoisotopic (exact) mass is 293 g/mol. The second-order valence-electron chi connectivity index (χ2n) is 5.91. The molecule has 1 amide bonds. The number of amides is 1. The third-order valence-electron chi connectivity index (χ3n) is 4.41. The number of nitrogens with zero attached hydrogens (tertiary/aromatic N) is 3. The Kier molecular flexibility index (Phi) is 4.55. The van der Waals surface area contributed by atoms with E-state index in [-0.39, 0.29) is 11.9 Å². The topological polar surface area (TPSA) is 58.8 Å². The van der Waals surface area contributed by atoms with Crippen molar-refractivity contribution in [1.29, 1.82) is 0 Å². The van der Waals surface area contributed by atoms with Gasteiger partial charge in [-0.1, -0.05) is 5.16 Å². The maximum Gasteiger partial charge on any atom is 0.276 e. The molecule has 6 nitrogen and oxygen atoms in total. The molecule has 1 atom stereocenters. The molecule has 0 aliphatic carbocycles. The van der Waals surface area contributed by atoms with Gasteiger partial charge in [0.1, 0.15) is 6.26 Å². The fourth-order valence-corrected chi connectivity index (χ4v) is 3.17. The molecule has 0 saturated carbocycles. The number of carbonyl (C=O) groups excluding carboxylic acids is 1. The number of carbonyl (C=O) groups is 1. The molecular weight excluding hydrogens is 270 g/mol. The number of hydrogen-bond acceptors (Lipinski definition) is 5. The molecule has 3 heterocycles. The Morgan fingerprint density at radius 2 is 2.14 bits per heavy atom. The van der Waals surface area contributed by atoms with Gasteiger partial charge in [0, 0.05) is 37.8 Å². The lowest BCUT2D eigenvalue weighted by Crippen LogP contribution is -2.51. The third-order valence-corrected chi connectivity index (χ3v) is 4.41. The van der Waals surface area contributed by atoms with Crippen molar-refractivity contribution in [3.63, 3.8) is 0 Å². The molecule has 6 heteroatoms. The predicted molar refractivity (Wildman–Crippen MR) is 77.2 cm³/mol. The van der Waals surface area contributed by atoms with Gasteiger partial charge < -0.3 is 14.2 Å². The number of rotatable bonds is 3. The molecule has 1 aromatic rings. The summed E-state index contributed by atoms with van der Waals surface area (Å²) in [6.45, 7) is 7.13. The minimum Gasteiger partial charge on any atom is -0.379 e. The Hall–Kier alpha value is -1.40. The average molecular weight is 293 g/mol. The number of piperidine rings is 1. The number of hydrogen-bond donors (Lipinski definition) is 0. The minimum atomic E-state index is 0.0132. The lowest BCUT2D eigenvalue weighted by atomic mass is 10.0. The zero-order valence-electron chi connectivity index (χ0n) is 12.6. The van der Waals surface area contributed by atoms with Crippen molar-refractivity contribution in [2.24, 2.45) is 0 Å². The summed E-state index contributed by atoms with van der Waals surface area (Å²) in [5.41, 5.74) is 1.28. The van der Waals surface area contributed by atoms with Crippen LogP contribution in [0.1, 0.15) is 35.3 Å². The van der Waals surface area contributed by atoms with Crippen molar-refractivity contribution in [3.05, 3.63) is 17.5 Å². The molecular formula is C15H23N3O3. The largest absolute Gasteiger partial charge is 0.379 e. The summed E-state index contributed by atoms with van der Waals surface area (Å²) in [6, 6.07) is 0.278. The number of aryl methyl sites for hydroxylation is 1. The van der Waals surface area contributed by atoms with E-state index in [1.807, 2.05) is 11.8 Å². The molecule has 2 aliphatic rings. The SMILES string of the molecule is Cc1conc1C(=O)N1CCCCC1CN1CCOCC1. The van der Waals surface area contributed by atoms with Crippen LogP contribution >= 0.6 is 0 Å². The van der Waals surface area contributed by atoms with Crippen molar-refractivity contribution in [2.45, 2.75) is 32.2 Å². The van der Waals surface area contributed by atoms with Crippen LogP contribution in [0.25, 0.3) is 0 Å². The first-order valence-corrected chi connectivity index (χ1v) is 7.78. The van der Waals surface area contributed by atoms with Gasteiger partial charge in [0.05, 0.1) is 13.2 Å². The average Bonchev–Trinajstić information content (AvgIpc) is 2.94. The lowest BCUT2D eigenvalue weighted by molar-refractivity contribution is 0.0163. The van der Waals surface area contributed by atoms with Crippen LogP contribution in [0.15, 0.2) is 10.8 Å². The van der Waals surface area contributed by atoms with E-state index in [4.69, 9.17) is 9.26 Å². The molecule has 0 radical (unpaired) electrons. The highest BCUT2D eigenvalue weighted by Gasteiger charge is 2.31. The Labute approximate surface area is 125 Å². The van der Waals surface area contributed by atoms with E-state index in [2.05, 4.69) is 10.1 Å². The summed E-state index contributed by atoms with van der Waals surface area (Å²) in [7, 11) is 0. The molecule has 21 heavy (non-hydrogen) atoms. The van der Waals surface area contributed by atoms with E-state index in [9.17, 15) is 4.79 Å². The fraction of sp³-hybridized carbons (Fsp3) is 0.733. The van der Waals surface area contributed by atoms with Crippen LogP contribution in [0.4, 0.5) is 0 Å². The number of ether oxygens (including phenoxy) is 1. The normalized spacial score (nSPS) is 24.2. The summed E-state index contributed by atoms with van der Waals surface area (Å²) >= 11 is 0. The van der Waals surface area contributed by atoms with Crippen LogP contribution in [-0.4, -0.2) is 66.3 Å². The summed E-state index contributed by atoms with van der Waals surface area (Å²) in [6.07, 6.45) is 4.87. The highest BCUT2D eigenvalue weighted by atomic mass is 16.5. The molecule has 0 aromatic carbocycles. The lowest BCUT2D eigenvalue weighted by Gasteiger charge is -2.39. The first-order valence-electron chi connectivity index (χ1n) is 7.78. The number of morpholine rings is 1. The van der Waals surface area contributed by atoms with E-state index < -0.39 is 0 Å². The minimum absolute atomic E-state index is 0.0132. The van der Waals surface area contributed by atoms with Gasteiger partial charge in [0.25, 0.3) is 5.91 Å². The van der Waals surface area contributed by atoms with E-state index in [1.54, 1.807) is 0 Å². The van der Waals surface area contributed by atoms with E-state index in [1.165, 1.54) is 12.7 Å². The second kappa shape index (κ2) is 6.58. The molecule has 1 unspecified atom stereocenters. The van der Waals surface area contributed by atoms with Crippen LogP contribution in [0.3, 0.4) is 0 Å². The van der Waals surface area contributed by atoms with Crippen molar-refractivity contribution in [3.8, 4) is 0 Å². The van der Waals surface area contributed by atoms with Crippen LogP contribution in [0.5, 0.6) is 0 Å². The van der Waals surface area contributed by atoms with Crippen LogP contribution in [0.2, 0.25) is 0 Å². The summed E-state index contributed by atoms with van der Waals surface area (Å²) < 4.78 is 10.3. The highest BCUT2D eigenvalue weighted by Crippen LogP contribution is 2.21. The molecule has 1 aromatic heterocycles. The van der Waals surface area contributed by atoms with Gasteiger partial charge in [-0.3, -0.25) is 9.69 Å². The smallest absolute Gasteiger partial charge is 0.276 e. The van der Waals surface area contributed by atoms with E-state index >= 15 is 0 Å². The van der Waals surface area contributed by atoms with Gasteiger partial charge in [-0.15, -0.1) is 0 Å². The zero-order valence-corrected chi connectivity index (χ0v) is 12.6. The van der Waals surface area contributed by atoms with E-state index in [0.717, 1.165) is 57.8 Å². The standard InChI is InChI=1S/C15H23N3O3/c1-12-11-21-16-14(12)15(19)18-5-3-2-4-13(18)10-17-6-8-20-9-7-17/h11,13H,2-10H2,1H3.